The molecule has 8 heteroatoms. The number of rotatable bonds is 7. The van der Waals surface area contributed by atoms with Crippen molar-refractivity contribution in [3.63, 3.8) is 0 Å². The van der Waals surface area contributed by atoms with Crippen LogP contribution in [0.15, 0.2) is 52.4 Å². The first kappa shape index (κ1) is 19.1. The van der Waals surface area contributed by atoms with E-state index in [9.17, 15) is 4.39 Å². The van der Waals surface area contributed by atoms with Crippen molar-refractivity contribution in [3.05, 3.63) is 64.6 Å². The van der Waals surface area contributed by atoms with Gasteiger partial charge >= 0.3 is 0 Å². The molecule has 0 aliphatic carbocycles. The van der Waals surface area contributed by atoms with Gasteiger partial charge in [-0.25, -0.2) is 9.37 Å². The summed E-state index contributed by atoms with van der Waals surface area (Å²) in [6.07, 6.45) is 0.410. The van der Waals surface area contributed by atoms with Crippen LogP contribution in [0.2, 0.25) is 0 Å². The molecular formula is C21H18FN3O3S. The van der Waals surface area contributed by atoms with Crippen LogP contribution in [0.25, 0.3) is 22.6 Å². The Morgan fingerprint density at radius 1 is 1.07 bits per heavy atom. The van der Waals surface area contributed by atoms with Crippen LogP contribution in [0.4, 0.5) is 4.39 Å². The molecule has 2 aromatic carbocycles. The summed E-state index contributed by atoms with van der Waals surface area (Å²) in [6, 6.07) is 12.3. The van der Waals surface area contributed by atoms with Crippen LogP contribution < -0.4 is 9.47 Å². The zero-order valence-corrected chi connectivity index (χ0v) is 16.7. The van der Waals surface area contributed by atoms with Gasteiger partial charge in [0.2, 0.25) is 11.7 Å². The highest BCUT2D eigenvalue weighted by atomic mass is 32.1. The monoisotopic (exact) mass is 411 g/mol. The highest BCUT2D eigenvalue weighted by molar-refractivity contribution is 7.10. The molecule has 0 atom stereocenters. The summed E-state index contributed by atoms with van der Waals surface area (Å²) in [6.45, 7) is 2.59. The van der Waals surface area contributed by atoms with E-state index in [4.69, 9.17) is 14.0 Å². The fraction of sp³-hybridized carbons (Fsp3) is 0.190. The topological polar surface area (TPSA) is 70.3 Å². The summed E-state index contributed by atoms with van der Waals surface area (Å²) >= 11 is 1.52. The molecule has 29 heavy (non-hydrogen) atoms. The molecule has 0 bridgehead atoms. The van der Waals surface area contributed by atoms with Crippen LogP contribution in [-0.4, -0.2) is 28.8 Å². The lowest BCUT2D eigenvalue weighted by atomic mass is 10.2. The minimum absolute atomic E-state index is 0.169. The van der Waals surface area contributed by atoms with Gasteiger partial charge in [0.15, 0.2) is 11.6 Å². The minimum atomic E-state index is -0.476. The molecule has 4 rings (SSSR count). The zero-order chi connectivity index (χ0) is 20.2. The van der Waals surface area contributed by atoms with E-state index >= 15 is 0 Å². The maximum atomic E-state index is 13.9. The number of hydrogen-bond donors (Lipinski definition) is 0. The lowest BCUT2D eigenvalue weighted by Gasteiger charge is -2.03. The van der Waals surface area contributed by atoms with Gasteiger partial charge in [0.1, 0.15) is 10.8 Å². The van der Waals surface area contributed by atoms with E-state index in [1.807, 2.05) is 36.6 Å². The predicted molar refractivity (Wildman–Crippen MR) is 108 cm³/mol. The molecule has 148 valence electrons. The summed E-state index contributed by atoms with van der Waals surface area (Å²) in [5, 5.41) is 6.78. The highest BCUT2D eigenvalue weighted by Gasteiger charge is 2.14. The van der Waals surface area contributed by atoms with E-state index in [1.54, 1.807) is 6.07 Å². The fourth-order valence-electron chi connectivity index (χ4n) is 2.79. The molecule has 0 fully saturated rings. The van der Waals surface area contributed by atoms with E-state index in [2.05, 4.69) is 15.1 Å². The zero-order valence-electron chi connectivity index (χ0n) is 15.9. The molecule has 0 aliphatic heterocycles. The number of methoxy groups -OCH3 is 1. The third-order valence-electron chi connectivity index (χ3n) is 4.19. The Bertz CT molecular complexity index is 1110. The molecule has 0 saturated carbocycles. The Morgan fingerprint density at radius 2 is 1.86 bits per heavy atom. The molecule has 0 spiro atoms. The Balaban J connectivity index is 1.47. The van der Waals surface area contributed by atoms with Gasteiger partial charge in [-0.15, -0.1) is 11.3 Å². The average Bonchev–Trinajstić information content (AvgIpc) is 3.39. The lowest BCUT2D eigenvalue weighted by Crippen LogP contribution is -1.91. The molecule has 2 heterocycles. The van der Waals surface area contributed by atoms with Crippen LogP contribution in [0.3, 0.4) is 0 Å². The smallest absolute Gasteiger partial charge is 0.233 e. The third kappa shape index (κ3) is 4.27. The second kappa shape index (κ2) is 8.40. The first-order valence-corrected chi connectivity index (χ1v) is 9.88. The molecule has 2 aromatic heterocycles. The number of aromatic nitrogens is 3. The van der Waals surface area contributed by atoms with Crippen LogP contribution in [0, 0.1) is 5.82 Å². The van der Waals surface area contributed by atoms with E-state index < -0.39 is 5.82 Å². The van der Waals surface area contributed by atoms with E-state index in [1.165, 1.54) is 30.6 Å². The third-order valence-corrected chi connectivity index (χ3v) is 5.04. The molecule has 0 unspecified atom stereocenters. The number of nitrogens with zero attached hydrogens (tertiary/aromatic N) is 3. The Morgan fingerprint density at radius 3 is 2.59 bits per heavy atom. The Labute approximate surface area is 171 Å². The summed E-state index contributed by atoms with van der Waals surface area (Å²) in [4.78, 5) is 8.99. The van der Waals surface area contributed by atoms with Gasteiger partial charge in [-0.3, -0.25) is 0 Å². The molecule has 4 aromatic rings. The van der Waals surface area contributed by atoms with Crippen molar-refractivity contribution in [2.45, 2.75) is 13.3 Å². The minimum Gasteiger partial charge on any atom is -0.494 e. The lowest BCUT2D eigenvalue weighted by molar-refractivity contribution is 0.340. The van der Waals surface area contributed by atoms with Gasteiger partial charge in [-0.05, 0) is 49.4 Å². The number of thiazole rings is 1. The quantitative estimate of drug-likeness (QED) is 0.426. The number of halogens is 1. The van der Waals surface area contributed by atoms with Gasteiger partial charge < -0.3 is 14.0 Å². The highest BCUT2D eigenvalue weighted by Crippen LogP contribution is 2.27. The van der Waals surface area contributed by atoms with E-state index in [-0.39, 0.29) is 5.75 Å². The SMILES string of the molecule is CCOc1ccc(-c2csc(Cc3nc(-c4ccc(OC)c(F)c4)no3)n2)cc1. The number of hydrogen-bond acceptors (Lipinski definition) is 7. The van der Waals surface area contributed by atoms with Gasteiger partial charge in [0, 0.05) is 16.5 Å². The summed E-state index contributed by atoms with van der Waals surface area (Å²) in [7, 11) is 1.42. The molecule has 0 aliphatic rings. The number of ether oxygens (including phenoxy) is 2. The Kier molecular flexibility index (Phi) is 5.53. The van der Waals surface area contributed by atoms with Crippen molar-refractivity contribution < 1.29 is 18.4 Å². The van der Waals surface area contributed by atoms with Crippen molar-refractivity contribution in [2.24, 2.45) is 0 Å². The first-order chi connectivity index (χ1) is 14.2. The van der Waals surface area contributed by atoms with Crippen LogP contribution in [0.1, 0.15) is 17.8 Å². The maximum Gasteiger partial charge on any atom is 0.233 e. The van der Waals surface area contributed by atoms with Gasteiger partial charge in [0.25, 0.3) is 0 Å². The summed E-state index contributed by atoms with van der Waals surface area (Å²) in [5.74, 6) is 1.27. The second-order valence-electron chi connectivity index (χ2n) is 6.12. The van der Waals surface area contributed by atoms with Crippen molar-refractivity contribution in [1.82, 2.24) is 15.1 Å². The van der Waals surface area contributed by atoms with E-state index in [0.717, 1.165) is 22.0 Å². The van der Waals surface area contributed by atoms with Crippen molar-refractivity contribution in [3.8, 4) is 34.1 Å². The molecular weight excluding hydrogens is 393 g/mol. The van der Waals surface area contributed by atoms with E-state index in [0.29, 0.717) is 30.3 Å². The average molecular weight is 411 g/mol. The fourth-order valence-corrected chi connectivity index (χ4v) is 3.59. The van der Waals surface area contributed by atoms with Gasteiger partial charge in [-0.2, -0.15) is 4.98 Å². The van der Waals surface area contributed by atoms with Gasteiger partial charge in [0.05, 0.1) is 25.8 Å². The van der Waals surface area contributed by atoms with Crippen molar-refractivity contribution >= 4 is 11.3 Å². The normalized spacial score (nSPS) is 10.9. The van der Waals surface area contributed by atoms with Crippen LogP contribution in [0.5, 0.6) is 11.5 Å². The first-order valence-electron chi connectivity index (χ1n) is 9.00. The largest absolute Gasteiger partial charge is 0.494 e. The standard InChI is InChI=1S/C21H18FN3O3S/c1-3-27-15-7-4-13(5-8-15)17-12-29-20(23-17)11-19-24-21(25-28-19)14-6-9-18(26-2)16(22)10-14/h4-10,12H,3,11H2,1-2H3. The Hall–Kier alpha value is -3.26. The maximum absolute atomic E-state index is 13.9. The molecule has 0 saturated heterocycles. The summed E-state index contributed by atoms with van der Waals surface area (Å²) < 4.78 is 29.6. The summed E-state index contributed by atoms with van der Waals surface area (Å²) in [5.41, 5.74) is 2.41. The molecule has 0 N–H and O–H groups in total. The molecule has 0 radical (unpaired) electrons. The van der Waals surface area contributed by atoms with Crippen LogP contribution in [-0.2, 0) is 6.42 Å². The second-order valence-corrected chi connectivity index (χ2v) is 7.06. The van der Waals surface area contributed by atoms with Gasteiger partial charge in [-0.1, -0.05) is 5.16 Å². The van der Waals surface area contributed by atoms with Crippen molar-refractivity contribution in [1.29, 1.82) is 0 Å². The molecule has 0 amide bonds. The molecule has 6 nitrogen and oxygen atoms in total. The van der Waals surface area contributed by atoms with Crippen LogP contribution >= 0.6 is 11.3 Å². The van der Waals surface area contributed by atoms with Crippen molar-refractivity contribution in [2.75, 3.05) is 13.7 Å². The number of benzene rings is 2. The predicted octanol–water partition coefficient (Wildman–Crippen LogP) is 5.00.